The molecule has 152 valence electrons. The third kappa shape index (κ3) is 3.96. The van der Waals surface area contributed by atoms with Gasteiger partial charge in [-0.15, -0.1) is 6.58 Å². The number of hydrogen-bond acceptors (Lipinski definition) is 4. The van der Waals surface area contributed by atoms with Crippen LogP contribution in [0.5, 0.6) is 0 Å². The van der Waals surface area contributed by atoms with Crippen molar-refractivity contribution in [3.63, 3.8) is 0 Å². The number of esters is 1. The van der Waals surface area contributed by atoms with Crippen LogP contribution in [0.1, 0.15) is 63.8 Å². The van der Waals surface area contributed by atoms with Gasteiger partial charge in [0.2, 0.25) is 0 Å². The molecule has 0 fully saturated rings. The Bertz CT molecular complexity index is 890. The van der Waals surface area contributed by atoms with Gasteiger partial charge in [0.15, 0.2) is 0 Å². The van der Waals surface area contributed by atoms with Gasteiger partial charge in [0, 0.05) is 18.0 Å². The molecule has 1 amide bonds. The molecule has 5 heteroatoms. The number of hydrogen-bond donors (Lipinski definition) is 1. The smallest absolute Gasteiger partial charge is 0.337 e. The number of benzene rings is 2. The number of unbranched alkanes of at least 4 members (excludes halogenated alkanes) is 1. The fourth-order valence-corrected chi connectivity index (χ4v) is 3.97. The highest BCUT2D eigenvalue weighted by atomic mass is 16.5. The molecule has 5 nitrogen and oxygen atoms in total. The second-order valence-corrected chi connectivity index (χ2v) is 7.26. The van der Waals surface area contributed by atoms with Gasteiger partial charge in [-0.3, -0.25) is 4.79 Å². The van der Waals surface area contributed by atoms with E-state index in [1.807, 2.05) is 29.2 Å². The predicted molar refractivity (Wildman–Crippen MR) is 112 cm³/mol. The van der Waals surface area contributed by atoms with E-state index < -0.39 is 12.1 Å². The lowest BCUT2D eigenvalue weighted by atomic mass is 9.85. The lowest BCUT2D eigenvalue weighted by Gasteiger charge is -2.33. The van der Waals surface area contributed by atoms with Gasteiger partial charge < -0.3 is 14.7 Å². The van der Waals surface area contributed by atoms with Crippen molar-refractivity contribution in [2.45, 2.75) is 31.9 Å². The Morgan fingerprint density at radius 2 is 1.93 bits per heavy atom. The van der Waals surface area contributed by atoms with Gasteiger partial charge in [-0.2, -0.15) is 0 Å². The van der Waals surface area contributed by atoms with Gasteiger partial charge in [-0.1, -0.05) is 49.8 Å². The zero-order valence-corrected chi connectivity index (χ0v) is 16.9. The molecule has 3 rings (SSSR count). The molecule has 1 aliphatic rings. The van der Waals surface area contributed by atoms with Gasteiger partial charge in [-0.25, -0.2) is 4.79 Å². The molecule has 3 atom stereocenters. The van der Waals surface area contributed by atoms with Crippen LogP contribution in [0.25, 0.3) is 0 Å². The highest BCUT2D eigenvalue weighted by molar-refractivity contribution is 5.99. The average Bonchev–Trinajstić information content (AvgIpc) is 3.04. The first kappa shape index (κ1) is 20.8. The molecule has 0 spiro atoms. The van der Waals surface area contributed by atoms with Crippen LogP contribution >= 0.6 is 0 Å². The van der Waals surface area contributed by atoms with Gasteiger partial charge in [0.05, 0.1) is 24.8 Å². The van der Waals surface area contributed by atoms with Crippen molar-refractivity contribution >= 4 is 11.9 Å². The molecule has 0 saturated heterocycles. The van der Waals surface area contributed by atoms with Crippen molar-refractivity contribution in [1.29, 1.82) is 0 Å². The molecule has 0 aliphatic carbocycles. The first-order chi connectivity index (χ1) is 14.0. The number of aliphatic hydroxyl groups is 1. The molecule has 3 unspecified atom stereocenters. The minimum Gasteiger partial charge on any atom is -0.465 e. The van der Waals surface area contributed by atoms with Crippen LogP contribution in [0, 0.1) is 5.92 Å². The average molecular weight is 393 g/mol. The topological polar surface area (TPSA) is 66.8 Å². The Hall–Kier alpha value is -2.92. The number of carbonyl (C=O) groups excluding carboxylic acids is 2. The fraction of sp³-hybridized carbons (Fsp3) is 0.333. The maximum absolute atomic E-state index is 13.0. The summed E-state index contributed by atoms with van der Waals surface area (Å²) in [4.78, 5) is 26.5. The summed E-state index contributed by atoms with van der Waals surface area (Å²) in [5.41, 5.74) is 2.69. The number of methoxy groups -OCH3 is 1. The Morgan fingerprint density at radius 1 is 1.24 bits per heavy atom. The van der Waals surface area contributed by atoms with Crippen molar-refractivity contribution in [3.8, 4) is 0 Å². The number of nitrogens with zero attached hydrogens (tertiary/aromatic N) is 1. The van der Waals surface area contributed by atoms with E-state index >= 15 is 0 Å². The van der Waals surface area contributed by atoms with Crippen molar-refractivity contribution in [2.75, 3.05) is 13.7 Å². The third-order valence-electron chi connectivity index (χ3n) is 5.53. The summed E-state index contributed by atoms with van der Waals surface area (Å²) in [6.07, 6.45) is 2.72. The second kappa shape index (κ2) is 9.05. The van der Waals surface area contributed by atoms with Crippen LogP contribution in [-0.4, -0.2) is 35.5 Å². The van der Waals surface area contributed by atoms with E-state index in [4.69, 9.17) is 4.74 Å². The van der Waals surface area contributed by atoms with Crippen LogP contribution < -0.4 is 0 Å². The summed E-state index contributed by atoms with van der Waals surface area (Å²) >= 11 is 0. The fourth-order valence-electron chi connectivity index (χ4n) is 3.97. The highest BCUT2D eigenvalue weighted by Gasteiger charge is 2.42. The zero-order chi connectivity index (χ0) is 21.0. The normalized spacial score (nSPS) is 17.6. The van der Waals surface area contributed by atoms with Gasteiger partial charge >= 0.3 is 5.97 Å². The predicted octanol–water partition coefficient (Wildman–Crippen LogP) is 4.31. The van der Waals surface area contributed by atoms with Crippen LogP contribution in [0.4, 0.5) is 0 Å². The molecule has 0 saturated carbocycles. The summed E-state index contributed by atoms with van der Waals surface area (Å²) < 4.78 is 4.73. The second-order valence-electron chi connectivity index (χ2n) is 7.26. The van der Waals surface area contributed by atoms with E-state index in [1.54, 1.807) is 30.3 Å². The largest absolute Gasteiger partial charge is 0.465 e. The minimum absolute atomic E-state index is 0.000797. The van der Waals surface area contributed by atoms with E-state index in [-0.39, 0.29) is 17.9 Å². The third-order valence-corrected chi connectivity index (χ3v) is 5.53. The van der Waals surface area contributed by atoms with Crippen molar-refractivity contribution < 1.29 is 19.4 Å². The van der Waals surface area contributed by atoms with Crippen LogP contribution in [-0.2, 0) is 4.74 Å². The first-order valence-electron chi connectivity index (χ1n) is 9.92. The standard InChI is InChI=1S/C24H27NO4/c1-4-6-15-25-21(19-9-7-8-10-20(19)23(25)27)18(5-2)22(26)16-11-13-17(14-12-16)24(28)29-3/h5,7-14,18,21-22,26H,2,4,6,15H2,1,3H3. The molecule has 1 aliphatic heterocycles. The van der Waals surface area contributed by atoms with E-state index in [2.05, 4.69) is 13.5 Å². The van der Waals surface area contributed by atoms with E-state index in [9.17, 15) is 14.7 Å². The van der Waals surface area contributed by atoms with Crippen molar-refractivity contribution in [3.05, 3.63) is 83.4 Å². The maximum atomic E-state index is 13.0. The van der Waals surface area contributed by atoms with Gasteiger partial charge in [-0.05, 0) is 35.7 Å². The minimum atomic E-state index is -0.868. The number of aliphatic hydroxyl groups excluding tert-OH is 1. The SMILES string of the molecule is C=CC(C(O)c1ccc(C(=O)OC)cc1)C1c2ccccc2C(=O)N1CCCC. The molecular formula is C24H27NO4. The number of ether oxygens (including phenoxy) is 1. The summed E-state index contributed by atoms with van der Waals surface area (Å²) in [7, 11) is 1.33. The lowest BCUT2D eigenvalue weighted by molar-refractivity contribution is 0.0491. The molecule has 1 heterocycles. The monoisotopic (exact) mass is 393 g/mol. The lowest BCUT2D eigenvalue weighted by Crippen LogP contribution is -2.34. The molecule has 2 aromatic carbocycles. The number of carbonyl (C=O) groups is 2. The molecule has 1 N–H and O–H groups in total. The van der Waals surface area contributed by atoms with Crippen LogP contribution in [0.2, 0.25) is 0 Å². The Labute approximate surface area is 171 Å². The number of amides is 1. The molecule has 2 aromatic rings. The maximum Gasteiger partial charge on any atom is 0.337 e. The summed E-state index contributed by atoms with van der Waals surface area (Å²) in [6, 6.07) is 14.0. The summed E-state index contributed by atoms with van der Waals surface area (Å²) in [6.45, 7) is 6.67. The zero-order valence-electron chi connectivity index (χ0n) is 16.9. The van der Waals surface area contributed by atoms with E-state index in [1.165, 1.54) is 7.11 Å². The molecular weight excluding hydrogens is 366 g/mol. The van der Waals surface area contributed by atoms with Gasteiger partial charge in [0.1, 0.15) is 0 Å². The Morgan fingerprint density at radius 3 is 2.55 bits per heavy atom. The van der Waals surface area contributed by atoms with Gasteiger partial charge in [0.25, 0.3) is 5.91 Å². The van der Waals surface area contributed by atoms with Crippen molar-refractivity contribution in [1.82, 2.24) is 4.90 Å². The number of rotatable bonds is 8. The molecule has 29 heavy (non-hydrogen) atoms. The Balaban J connectivity index is 1.95. The highest BCUT2D eigenvalue weighted by Crippen LogP contribution is 2.44. The Kier molecular flexibility index (Phi) is 6.49. The molecule has 0 radical (unpaired) electrons. The van der Waals surface area contributed by atoms with Crippen molar-refractivity contribution in [2.24, 2.45) is 5.92 Å². The quantitative estimate of drug-likeness (QED) is 0.536. The summed E-state index contributed by atoms with van der Waals surface area (Å²) in [5.74, 6) is -0.810. The summed E-state index contributed by atoms with van der Waals surface area (Å²) in [5, 5.41) is 11.2. The van der Waals surface area contributed by atoms with Crippen LogP contribution in [0.3, 0.4) is 0 Å². The first-order valence-corrected chi connectivity index (χ1v) is 9.92. The molecule has 0 bridgehead atoms. The number of fused-ring (bicyclic) bond motifs is 1. The van der Waals surface area contributed by atoms with E-state index in [0.717, 1.165) is 18.4 Å². The van der Waals surface area contributed by atoms with Crippen LogP contribution in [0.15, 0.2) is 61.2 Å². The molecule has 0 aromatic heterocycles. The van der Waals surface area contributed by atoms with E-state index in [0.29, 0.717) is 23.2 Å².